The van der Waals surface area contributed by atoms with Crippen molar-refractivity contribution in [2.24, 2.45) is 5.41 Å². The van der Waals surface area contributed by atoms with E-state index < -0.39 is 0 Å². The van der Waals surface area contributed by atoms with E-state index in [1.807, 2.05) is 12.1 Å². The van der Waals surface area contributed by atoms with Gasteiger partial charge in [0.1, 0.15) is 5.82 Å². The van der Waals surface area contributed by atoms with Crippen LogP contribution in [0.4, 0.5) is 4.39 Å². The summed E-state index contributed by atoms with van der Waals surface area (Å²) < 4.78 is 12.6. The monoisotopic (exact) mass is 241 g/mol. The molecule has 90 valence electrons. The molecule has 0 heterocycles. The summed E-state index contributed by atoms with van der Waals surface area (Å²) in [5.41, 5.74) is 0.334. The summed E-state index contributed by atoms with van der Waals surface area (Å²) in [6.45, 7) is 8.66. The highest BCUT2D eigenvalue weighted by atomic mass is 32.2. The predicted molar refractivity (Wildman–Crippen MR) is 69.4 cm³/mol. The van der Waals surface area contributed by atoms with E-state index in [-0.39, 0.29) is 5.82 Å². The maximum Gasteiger partial charge on any atom is 0.123 e. The Hall–Kier alpha value is -0.540. The highest BCUT2D eigenvalue weighted by Gasteiger charge is 2.08. The summed E-state index contributed by atoms with van der Waals surface area (Å²) in [6, 6.07) is 6.66. The van der Waals surface area contributed by atoms with Crippen molar-refractivity contribution in [3.8, 4) is 0 Å². The summed E-state index contributed by atoms with van der Waals surface area (Å²) in [6.07, 6.45) is 0. The van der Waals surface area contributed by atoms with Gasteiger partial charge in [0.25, 0.3) is 0 Å². The number of benzene rings is 1. The van der Waals surface area contributed by atoms with Crippen LogP contribution in [0.2, 0.25) is 0 Å². The molecular formula is C13H20FNS. The molecule has 0 bridgehead atoms. The largest absolute Gasteiger partial charge is 0.315 e. The quantitative estimate of drug-likeness (QED) is 0.625. The van der Waals surface area contributed by atoms with E-state index in [1.165, 1.54) is 12.1 Å². The Morgan fingerprint density at radius 3 is 2.38 bits per heavy atom. The molecule has 1 rings (SSSR count). The van der Waals surface area contributed by atoms with E-state index in [2.05, 4.69) is 26.1 Å². The van der Waals surface area contributed by atoms with E-state index in [0.717, 1.165) is 23.7 Å². The van der Waals surface area contributed by atoms with Crippen LogP contribution in [-0.4, -0.2) is 18.8 Å². The minimum absolute atomic E-state index is 0.171. The maximum atomic E-state index is 12.6. The van der Waals surface area contributed by atoms with Gasteiger partial charge in [0, 0.05) is 23.7 Å². The van der Waals surface area contributed by atoms with Gasteiger partial charge in [-0.3, -0.25) is 0 Å². The molecule has 0 fully saturated rings. The molecule has 0 aromatic heterocycles. The Balaban J connectivity index is 2.14. The van der Waals surface area contributed by atoms with Crippen molar-refractivity contribution < 1.29 is 4.39 Å². The van der Waals surface area contributed by atoms with E-state index in [4.69, 9.17) is 0 Å². The molecule has 1 aromatic carbocycles. The Morgan fingerprint density at radius 1 is 1.19 bits per heavy atom. The smallest absolute Gasteiger partial charge is 0.123 e. The molecule has 0 spiro atoms. The lowest BCUT2D eigenvalue weighted by Crippen LogP contribution is -2.28. The molecule has 3 heteroatoms. The molecule has 1 nitrogen and oxygen atoms in total. The van der Waals surface area contributed by atoms with Crippen molar-refractivity contribution >= 4 is 11.8 Å². The summed E-state index contributed by atoms with van der Waals surface area (Å²) in [5.74, 6) is 0.844. The fourth-order valence-corrected chi connectivity index (χ4v) is 2.05. The molecule has 0 saturated heterocycles. The molecule has 0 aliphatic carbocycles. The van der Waals surface area contributed by atoms with Gasteiger partial charge in [-0.05, 0) is 29.7 Å². The molecule has 0 unspecified atom stereocenters. The molecule has 0 aliphatic heterocycles. The van der Waals surface area contributed by atoms with Crippen LogP contribution >= 0.6 is 11.8 Å². The van der Waals surface area contributed by atoms with Gasteiger partial charge in [0.05, 0.1) is 0 Å². The minimum Gasteiger partial charge on any atom is -0.315 e. The average Bonchev–Trinajstić information content (AvgIpc) is 2.19. The van der Waals surface area contributed by atoms with Crippen molar-refractivity contribution in [2.45, 2.75) is 25.7 Å². The maximum absolute atomic E-state index is 12.6. The summed E-state index contributed by atoms with van der Waals surface area (Å²) in [7, 11) is 0. The first-order valence-electron chi connectivity index (χ1n) is 5.56. The normalized spacial score (nSPS) is 11.8. The van der Waals surface area contributed by atoms with Gasteiger partial charge in [-0.2, -0.15) is 0 Å². The molecule has 0 aliphatic rings. The number of thioether (sulfide) groups is 1. The third-order valence-corrected chi connectivity index (χ3v) is 3.03. The van der Waals surface area contributed by atoms with Crippen molar-refractivity contribution in [2.75, 3.05) is 18.8 Å². The average molecular weight is 241 g/mol. The first kappa shape index (κ1) is 13.5. The standard InChI is InChI=1S/C13H20FNS/c1-13(2,3)10-15-8-9-16-12-6-4-11(14)5-7-12/h4-7,15H,8-10H2,1-3H3. The zero-order valence-electron chi connectivity index (χ0n) is 10.2. The zero-order chi connectivity index (χ0) is 12.0. The molecular weight excluding hydrogens is 221 g/mol. The van der Waals surface area contributed by atoms with Crippen molar-refractivity contribution in [1.29, 1.82) is 0 Å². The van der Waals surface area contributed by atoms with Crippen LogP contribution in [0.15, 0.2) is 29.2 Å². The second kappa shape index (κ2) is 6.26. The zero-order valence-corrected chi connectivity index (χ0v) is 11.0. The van der Waals surface area contributed by atoms with Gasteiger partial charge in [-0.25, -0.2) is 4.39 Å². The van der Waals surface area contributed by atoms with Crippen LogP contribution in [0.25, 0.3) is 0 Å². The van der Waals surface area contributed by atoms with Crippen LogP contribution < -0.4 is 5.32 Å². The van der Waals surface area contributed by atoms with Crippen LogP contribution in [0.3, 0.4) is 0 Å². The van der Waals surface area contributed by atoms with E-state index in [9.17, 15) is 4.39 Å². The van der Waals surface area contributed by atoms with E-state index in [1.54, 1.807) is 11.8 Å². The number of halogens is 1. The highest BCUT2D eigenvalue weighted by Crippen LogP contribution is 2.17. The fourth-order valence-electron chi connectivity index (χ4n) is 1.24. The van der Waals surface area contributed by atoms with Crippen LogP contribution in [-0.2, 0) is 0 Å². The molecule has 0 radical (unpaired) electrons. The molecule has 0 atom stereocenters. The number of hydrogen-bond donors (Lipinski definition) is 1. The molecule has 1 N–H and O–H groups in total. The fraction of sp³-hybridized carbons (Fsp3) is 0.538. The minimum atomic E-state index is -0.171. The lowest BCUT2D eigenvalue weighted by Gasteiger charge is -2.18. The summed E-state index contributed by atoms with van der Waals surface area (Å²) in [4.78, 5) is 1.12. The van der Waals surface area contributed by atoms with Gasteiger partial charge in [0.15, 0.2) is 0 Å². The Bertz CT molecular complexity index is 303. The topological polar surface area (TPSA) is 12.0 Å². The Kier molecular flexibility index (Phi) is 5.29. The van der Waals surface area contributed by atoms with Crippen molar-refractivity contribution in [1.82, 2.24) is 5.32 Å². The number of rotatable bonds is 5. The summed E-state index contributed by atoms with van der Waals surface area (Å²) >= 11 is 1.75. The van der Waals surface area contributed by atoms with Gasteiger partial charge in [0.2, 0.25) is 0 Å². The molecule has 0 saturated carbocycles. The van der Waals surface area contributed by atoms with Gasteiger partial charge in [-0.15, -0.1) is 11.8 Å². The molecule has 1 aromatic rings. The van der Waals surface area contributed by atoms with Crippen molar-refractivity contribution in [3.63, 3.8) is 0 Å². The lowest BCUT2D eigenvalue weighted by molar-refractivity contribution is 0.385. The number of hydrogen-bond acceptors (Lipinski definition) is 2. The SMILES string of the molecule is CC(C)(C)CNCCSc1ccc(F)cc1. The predicted octanol–water partition coefficient (Wildman–Crippen LogP) is 3.55. The third kappa shape index (κ3) is 6.13. The highest BCUT2D eigenvalue weighted by molar-refractivity contribution is 7.99. The first-order valence-corrected chi connectivity index (χ1v) is 6.55. The molecule has 0 amide bonds. The van der Waals surface area contributed by atoms with E-state index >= 15 is 0 Å². The second-order valence-electron chi connectivity index (χ2n) is 5.04. The lowest BCUT2D eigenvalue weighted by atomic mass is 9.97. The molecule has 16 heavy (non-hydrogen) atoms. The van der Waals surface area contributed by atoms with Crippen LogP contribution in [0.5, 0.6) is 0 Å². The van der Waals surface area contributed by atoms with Crippen LogP contribution in [0.1, 0.15) is 20.8 Å². The number of nitrogens with one attached hydrogen (secondary N) is 1. The van der Waals surface area contributed by atoms with Gasteiger partial charge < -0.3 is 5.32 Å². The third-order valence-electron chi connectivity index (χ3n) is 2.02. The Morgan fingerprint density at radius 2 is 1.81 bits per heavy atom. The van der Waals surface area contributed by atoms with E-state index in [0.29, 0.717) is 5.41 Å². The van der Waals surface area contributed by atoms with Crippen molar-refractivity contribution in [3.05, 3.63) is 30.1 Å². The van der Waals surface area contributed by atoms with Crippen LogP contribution in [0, 0.1) is 11.2 Å². The second-order valence-corrected chi connectivity index (χ2v) is 6.21. The van der Waals surface area contributed by atoms with Gasteiger partial charge >= 0.3 is 0 Å². The summed E-state index contributed by atoms with van der Waals surface area (Å²) in [5, 5.41) is 3.41. The Labute approximate surface area is 102 Å². The van der Waals surface area contributed by atoms with Gasteiger partial charge in [-0.1, -0.05) is 20.8 Å². The first-order chi connectivity index (χ1) is 7.47.